The third kappa shape index (κ3) is 2.65. The Morgan fingerprint density at radius 1 is 1.29 bits per heavy atom. The molecule has 0 heterocycles. The predicted octanol–water partition coefficient (Wildman–Crippen LogP) is 2.15. The molecule has 0 aliphatic heterocycles. The van der Waals surface area contributed by atoms with Crippen molar-refractivity contribution < 1.29 is 4.79 Å². The minimum atomic E-state index is 0.246. The lowest BCUT2D eigenvalue weighted by molar-refractivity contribution is -0.136. The zero-order valence-electron chi connectivity index (χ0n) is 11.4. The number of nitrogens with two attached hydrogens (primary N) is 1. The molecule has 2 aliphatic rings. The molecule has 0 bridgehead atoms. The standard InChI is InChI=1S/C14H26N2O/c1-4-16(11-7-5-10(15)6-8-11)13(17)12-9-14(12,2)3/h10-12H,4-9,15H2,1-3H3. The van der Waals surface area contributed by atoms with Gasteiger partial charge < -0.3 is 10.6 Å². The molecule has 0 aromatic rings. The van der Waals surface area contributed by atoms with Crippen molar-refractivity contribution in [1.82, 2.24) is 4.90 Å². The fourth-order valence-electron chi connectivity index (χ4n) is 3.10. The number of hydrogen-bond acceptors (Lipinski definition) is 2. The zero-order valence-corrected chi connectivity index (χ0v) is 11.4. The first kappa shape index (κ1) is 12.9. The monoisotopic (exact) mass is 238 g/mol. The molecule has 17 heavy (non-hydrogen) atoms. The topological polar surface area (TPSA) is 46.3 Å². The van der Waals surface area contributed by atoms with Crippen molar-refractivity contribution in [2.75, 3.05) is 6.54 Å². The van der Waals surface area contributed by atoms with E-state index in [0.29, 0.717) is 18.0 Å². The number of amides is 1. The molecule has 1 atom stereocenters. The van der Waals surface area contributed by atoms with Crippen molar-refractivity contribution in [3.8, 4) is 0 Å². The Morgan fingerprint density at radius 2 is 1.82 bits per heavy atom. The fourth-order valence-corrected chi connectivity index (χ4v) is 3.10. The second-order valence-electron chi connectivity index (χ2n) is 6.44. The van der Waals surface area contributed by atoms with Crippen molar-refractivity contribution in [3.05, 3.63) is 0 Å². The molecule has 3 nitrogen and oxygen atoms in total. The number of rotatable bonds is 3. The van der Waals surface area contributed by atoms with Crippen molar-refractivity contribution in [1.29, 1.82) is 0 Å². The lowest BCUT2D eigenvalue weighted by Gasteiger charge is -2.36. The molecule has 1 amide bonds. The summed E-state index contributed by atoms with van der Waals surface area (Å²) in [5, 5.41) is 0. The molecule has 2 aliphatic carbocycles. The number of nitrogens with zero attached hydrogens (tertiary/aromatic N) is 1. The average Bonchev–Trinajstić information content (AvgIpc) is 2.91. The fraction of sp³-hybridized carbons (Fsp3) is 0.929. The predicted molar refractivity (Wildman–Crippen MR) is 69.5 cm³/mol. The molecule has 98 valence electrons. The van der Waals surface area contributed by atoms with Crippen LogP contribution in [0.4, 0.5) is 0 Å². The van der Waals surface area contributed by atoms with Crippen LogP contribution in [-0.2, 0) is 4.79 Å². The van der Waals surface area contributed by atoms with Crippen LogP contribution in [0.1, 0.15) is 52.9 Å². The van der Waals surface area contributed by atoms with Crippen LogP contribution in [0.15, 0.2) is 0 Å². The molecule has 0 aromatic carbocycles. The molecule has 3 heteroatoms. The Balaban J connectivity index is 1.94. The second kappa shape index (κ2) is 4.60. The van der Waals surface area contributed by atoms with E-state index in [0.717, 1.165) is 38.6 Å². The number of carbonyl (C=O) groups is 1. The molecule has 0 aromatic heterocycles. The van der Waals surface area contributed by atoms with Crippen LogP contribution in [-0.4, -0.2) is 29.4 Å². The van der Waals surface area contributed by atoms with Crippen LogP contribution in [0.2, 0.25) is 0 Å². The number of carbonyl (C=O) groups excluding carboxylic acids is 1. The normalized spacial score (nSPS) is 35.4. The van der Waals surface area contributed by atoms with E-state index in [-0.39, 0.29) is 11.3 Å². The molecule has 2 N–H and O–H groups in total. The van der Waals surface area contributed by atoms with Crippen LogP contribution in [0.5, 0.6) is 0 Å². The van der Waals surface area contributed by atoms with E-state index < -0.39 is 0 Å². The first-order valence-electron chi connectivity index (χ1n) is 7.01. The Labute approximate surface area is 105 Å². The highest BCUT2D eigenvalue weighted by molar-refractivity contribution is 5.82. The lowest BCUT2D eigenvalue weighted by atomic mass is 9.90. The lowest BCUT2D eigenvalue weighted by Crippen LogP contribution is -2.45. The van der Waals surface area contributed by atoms with Crippen LogP contribution < -0.4 is 5.73 Å². The van der Waals surface area contributed by atoms with Gasteiger partial charge in [0.25, 0.3) is 0 Å². The highest BCUT2D eigenvalue weighted by Gasteiger charge is 2.52. The molecule has 1 unspecified atom stereocenters. The van der Waals surface area contributed by atoms with Gasteiger partial charge in [-0.25, -0.2) is 0 Å². The Bertz CT molecular complexity index is 293. The highest BCUT2D eigenvalue weighted by atomic mass is 16.2. The van der Waals surface area contributed by atoms with Gasteiger partial charge >= 0.3 is 0 Å². The zero-order chi connectivity index (χ0) is 12.6. The minimum Gasteiger partial charge on any atom is -0.340 e. The van der Waals surface area contributed by atoms with Crippen molar-refractivity contribution >= 4 is 5.91 Å². The van der Waals surface area contributed by atoms with Gasteiger partial charge in [0.15, 0.2) is 0 Å². The van der Waals surface area contributed by atoms with Gasteiger partial charge in [-0.05, 0) is 44.4 Å². The maximum Gasteiger partial charge on any atom is 0.226 e. The van der Waals surface area contributed by atoms with Crippen molar-refractivity contribution in [2.24, 2.45) is 17.1 Å². The summed E-state index contributed by atoms with van der Waals surface area (Å²) in [6.07, 6.45) is 5.39. The maximum absolute atomic E-state index is 12.4. The average molecular weight is 238 g/mol. The van der Waals surface area contributed by atoms with E-state index in [1.54, 1.807) is 0 Å². The van der Waals surface area contributed by atoms with Gasteiger partial charge in [-0.2, -0.15) is 0 Å². The van der Waals surface area contributed by atoms with Gasteiger partial charge in [0.2, 0.25) is 5.91 Å². The largest absolute Gasteiger partial charge is 0.340 e. The Hall–Kier alpha value is -0.570. The molecular weight excluding hydrogens is 212 g/mol. The smallest absolute Gasteiger partial charge is 0.226 e. The minimum absolute atomic E-state index is 0.246. The van der Waals surface area contributed by atoms with Gasteiger partial charge in [-0.1, -0.05) is 13.8 Å². The van der Waals surface area contributed by atoms with E-state index in [1.165, 1.54) is 0 Å². The summed E-state index contributed by atoms with van der Waals surface area (Å²) in [7, 11) is 0. The third-order valence-corrected chi connectivity index (χ3v) is 4.62. The Morgan fingerprint density at radius 3 is 2.24 bits per heavy atom. The van der Waals surface area contributed by atoms with E-state index >= 15 is 0 Å². The van der Waals surface area contributed by atoms with E-state index in [9.17, 15) is 4.79 Å². The first-order chi connectivity index (χ1) is 7.95. The summed E-state index contributed by atoms with van der Waals surface area (Å²) in [6.45, 7) is 7.34. The van der Waals surface area contributed by atoms with E-state index in [1.807, 2.05) is 0 Å². The van der Waals surface area contributed by atoms with Crippen LogP contribution in [0, 0.1) is 11.3 Å². The van der Waals surface area contributed by atoms with Gasteiger partial charge in [0.1, 0.15) is 0 Å². The Kier molecular flexibility index (Phi) is 3.48. The molecule has 2 rings (SSSR count). The van der Waals surface area contributed by atoms with Gasteiger partial charge in [0.05, 0.1) is 0 Å². The molecule has 0 radical (unpaired) electrons. The quantitative estimate of drug-likeness (QED) is 0.819. The SMILES string of the molecule is CCN(C(=O)C1CC1(C)C)C1CCC(N)CC1. The summed E-state index contributed by atoms with van der Waals surface area (Å²) in [5.41, 5.74) is 6.17. The van der Waals surface area contributed by atoms with Crippen LogP contribution in [0.25, 0.3) is 0 Å². The van der Waals surface area contributed by atoms with Crippen molar-refractivity contribution in [2.45, 2.75) is 65.0 Å². The molecule has 2 saturated carbocycles. The van der Waals surface area contributed by atoms with Crippen LogP contribution >= 0.6 is 0 Å². The summed E-state index contributed by atoms with van der Waals surface area (Å²) >= 11 is 0. The highest BCUT2D eigenvalue weighted by Crippen LogP contribution is 2.52. The molecule has 2 fully saturated rings. The van der Waals surface area contributed by atoms with Crippen molar-refractivity contribution in [3.63, 3.8) is 0 Å². The molecular formula is C14H26N2O. The van der Waals surface area contributed by atoms with Gasteiger partial charge in [0, 0.05) is 24.5 Å². The first-order valence-corrected chi connectivity index (χ1v) is 7.01. The third-order valence-electron chi connectivity index (χ3n) is 4.62. The summed E-state index contributed by atoms with van der Waals surface area (Å²) in [4.78, 5) is 14.5. The molecule has 0 saturated heterocycles. The second-order valence-corrected chi connectivity index (χ2v) is 6.44. The summed E-state index contributed by atoms with van der Waals surface area (Å²) in [5.74, 6) is 0.663. The van der Waals surface area contributed by atoms with E-state index in [2.05, 4.69) is 25.7 Å². The molecule has 0 spiro atoms. The summed E-state index contributed by atoms with van der Waals surface area (Å²) < 4.78 is 0. The summed E-state index contributed by atoms with van der Waals surface area (Å²) in [6, 6.07) is 0.807. The van der Waals surface area contributed by atoms with E-state index in [4.69, 9.17) is 5.73 Å². The number of hydrogen-bond donors (Lipinski definition) is 1. The van der Waals surface area contributed by atoms with Gasteiger partial charge in [-0.3, -0.25) is 4.79 Å². The maximum atomic E-state index is 12.4. The van der Waals surface area contributed by atoms with Crippen LogP contribution in [0.3, 0.4) is 0 Å². The van der Waals surface area contributed by atoms with Gasteiger partial charge in [-0.15, -0.1) is 0 Å².